The number of aliphatic hydroxyl groups excluding tert-OH is 1. The number of aliphatic hydroxyl groups is 1. The largest absolute Gasteiger partial charge is 0.394 e. The number of nitrogens with two attached hydrogens (primary N) is 1. The monoisotopic (exact) mass is 346 g/mol. The van der Waals surface area contributed by atoms with Gasteiger partial charge in [0.05, 0.1) is 24.2 Å². The van der Waals surface area contributed by atoms with Crippen LogP contribution < -0.4 is 11.1 Å². The number of nitrogens with zero attached hydrogens (tertiary/aromatic N) is 4. The molecule has 2 aliphatic rings. The van der Waals surface area contributed by atoms with Gasteiger partial charge in [-0.3, -0.25) is 4.57 Å². The molecule has 126 valence electrons. The van der Waals surface area contributed by atoms with Crippen molar-refractivity contribution in [2.75, 3.05) is 17.7 Å². The molecule has 2 aromatic heterocycles. The number of ether oxygens (including phenoxy) is 1. The molecule has 1 aliphatic carbocycles. The van der Waals surface area contributed by atoms with E-state index in [1.807, 2.05) is 0 Å². The van der Waals surface area contributed by atoms with Crippen molar-refractivity contribution in [3.63, 3.8) is 0 Å². The number of hydrogen-bond acceptors (Lipinski definition) is 7. The molecule has 3 unspecified atom stereocenters. The second kappa shape index (κ2) is 5.55. The number of nitrogen functional groups attached to an aromatic ring is 1. The van der Waals surface area contributed by atoms with Gasteiger partial charge in [0.1, 0.15) is 0 Å². The van der Waals surface area contributed by atoms with E-state index < -0.39 is 11.4 Å². The molecule has 4 atom stereocenters. The van der Waals surface area contributed by atoms with Crippen molar-refractivity contribution in [2.24, 2.45) is 0 Å². The lowest BCUT2D eigenvalue weighted by Gasteiger charge is -2.25. The highest BCUT2D eigenvalue weighted by Crippen LogP contribution is 2.45. The van der Waals surface area contributed by atoms with Crippen LogP contribution in [0.2, 0.25) is 0 Å². The molecule has 2 fully saturated rings. The fraction of sp³-hybridized carbons (Fsp3) is 0.533. The van der Waals surface area contributed by atoms with Gasteiger partial charge in [0.25, 0.3) is 0 Å². The molecule has 1 saturated carbocycles. The lowest BCUT2D eigenvalue weighted by molar-refractivity contribution is -0.0233. The van der Waals surface area contributed by atoms with Crippen LogP contribution >= 0.6 is 9.24 Å². The predicted molar refractivity (Wildman–Crippen MR) is 93.3 cm³/mol. The van der Waals surface area contributed by atoms with Crippen molar-refractivity contribution in [2.45, 2.75) is 42.8 Å². The van der Waals surface area contributed by atoms with E-state index in [1.54, 1.807) is 10.9 Å². The first kappa shape index (κ1) is 15.6. The summed E-state index contributed by atoms with van der Waals surface area (Å²) in [4.78, 5) is 13.0. The zero-order valence-electron chi connectivity index (χ0n) is 13.0. The molecule has 8 nitrogen and oxygen atoms in total. The Kier molecular flexibility index (Phi) is 3.61. The summed E-state index contributed by atoms with van der Waals surface area (Å²) in [6, 6.07) is 0.417. The number of terminal acetylenes is 1. The van der Waals surface area contributed by atoms with E-state index in [-0.39, 0.29) is 18.7 Å². The maximum atomic E-state index is 9.43. The molecule has 2 aromatic rings. The Balaban J connectivity index is 1.79. The van der Waals surface area contributed by atoms with Gasteiger partial charge >= 0.3 is 0 Å². The second-order valence-electron chi connectivity index (χ2n) is 6.35. The SMILES string of the molecule is C#C[C@@]1(P)CC(CO)OC1n1cnc2c(NC3CC3)nc(N)nc21. The third-order valence-corrected chi connectivity index (χ3v) is 5.10. The van der Waals surface area contributed by atoms with E-state index in [9.17, 15) is 5.11 Å². The number of rotatable bonds is 4. The van der Waals surface area contributed by atoms with E-state index in [0.717, 1.165) is 12.8 Å². The zero-order chi connectivity index (χ0) is 16.9. The summed E-state index contributed by atoms with van der Waals surface area (Å²) in [5.41, 5.74) is 7.07. The lowest BCUT2D eigenvalue weighted by Crippen LogP contribution is -2.27. The van der Waals surface area contributed by atoms with Crippen LogP contribution in [0.4, 0.5) is 11.8 Å². The third kappa shape index (κ3) is 2.49. The first-order valence-corrected chi connectivity index (χ1v) is 8.41. The molecule has 4 rings (SSSR count). The topological polar surface area (TPSA) is 111 Å². The van der Waals surface area contributed by atoms with Crippen molar-refractivity contribution in [1.82, 2.24) is 19.5 Å². The molecule has 3 heterocycles. The van der Waals surface area contributed by atoms with Crippen molar-refractivity contribution in [3.05, 3.63) is 6.33 Å². The van der Waals surface area contributed by atoms with Gasteiger partial charge in [0.15, 0.2) is 23.2 Å². The Bertz CT molecular complexity index is 829. The van der Waals surface area contributed by atoms with E-state index in [4.69, 9.17) is 16.9 Å². The number of fused-ring (bicyclic) bond motifs is 1. The number of imidazole rings is 1. The molecule has 1 aliphatic heterocycles. The smallest absolute Gasteiger partial charge is 0.224 e. The zero-order valence-corrected chi connectivity index (χ0v) is 14.2. The molecule has 24 heavy (non-hydrogen) atoms. The normalized spacial score (nSPS) is 29.7. The fourth-order valence-electron chi connectivity index (χ4n) is 3.01. The first-order valence-electron chi connectivity index (χ1n) is 7.83. The summed E-state index contributed by atoms with van der Waals surface area (Å²) in [6.45, 7) is -0.0907. The van der Waals surface area contributed by atoms with Gasteiger partial charge in [-0.1, -0.05) is 5.92 Å². The van der Waals surface area contributed by atoms with Crippen molar-refractivity contribution >= 4 is 32.2 Å². The Morgan fingerprint density at radius 3 is 3.00 bits per heavy atom. The molecule has 0 amide bonds. The summed E-state index contributed by atoms with van der Waals surface area (Å²) in [5, 5.41) is 12.1. The number of anilines is 2. The fourth-order valence-corrected chi connectivity index (χ4v) is 3.51. The van der Waals surface area contributed by atoms with Crippen LogP contribution in [0.1, 0.15) is 25.5 Å². The second-order valence-corrected chi connectivity index (χ2v) is 7.39. The Morgan fingerprint density at radius 2 is 2.33 bits per heavy atom. The highest BCUT2D eigenvalue weighted by atomic mass is 31.0. The van der Waals surface area contributed by atoms with Gasteiger partial charge in [-0.05, 0) is 12.8 Å². The lowest BCUT2D eigenvalue weighted by atomic mass is 10.0. The number of nitrogens with one attached hydrogen (secondary N) is 1. The molecular formula is C15H19N6O2P. The predicted octanol–water partition coefficient (Wildman–Crippen LogP) is 0.510. The molecule has 0 spiro atoms. The van der Waals surface area contributed by atoms with Gasteiger partial charge in [-0.25, -0.2) is 4.98 Å². The Morgan fingerprint density at radius 1 is 1.54 bits per heavy atom. The van der Waals surface area contributed by atoms with Crippen LogP contribution in [0.5, 0.6) is 0 Å². The maximum Gasteiger partial charge on any atom is 0.224 e. The highest BCUT2D eigenvalue weighted by Gasteiger charge is 2.46. The molecule has 1 saturated heterocycles. The summed E-state index contributed by atoms with van der Waals surface area (Å²) in [7, 11) is 2.67. The van der Waals surface area contributed by atoms with Gasteiger partial charge < -0.3 is 20.9 Å². The van der Waals surface area contributed by atoms with Gasteiger partial charge in [0.2, 0.25) is 5.95 Å². The molecule has 9 heteroatoms. The van der Waals surface area contributed by atoms with E-state index >= 15 is 0 Å². The summed E-state index contributed by atoms with van der Waals surface area (Å²) in [6.07, 6.45) is 9.28. The van der Waals surface area contributed by atoms with Crippen LogP contribution in [0, 0.1) is 12.3 Å². The van der Waals surface area contributed by atoms with Crippen LogP contribution in [0.25, 0.3) is 11.2 Å². The third-order valence-electron chi connectivity index (χ3n) is 4.41. The van der Waals surface area contributed by atoms with E-state index in [2.05, 4.69) is 35.4 Å². The minimum Gasteiger partial charge on any atom is -0.394 e. The van der Waals surface area contributed by atoms with E-state index in [1.165, 1.54) is 0 Å². The Labute approximate surface area is 141 Å². The minimum absolute atomic E-state index is 0.0907. The van der Waals surface area contributed by atoms with Crippen molar-refractivity contribution in [1.29, 1.82) is 0 Å². The highest BCUT2D eigenvalue weighted by molar-refractivity contribution is 7.19. The van der Waals surface area contributed by atoms with Crippen LogP contribution in [0.3, 0.4) is 0 Å². The standard InChI is InChI=1S/C15H19N6O2P/c1-2-15(24)5-9(6-22)23-13(15)21-7-17-10-11(18-8-3-4-8)19-14(16)20-12(10)21/h1,7-9,13,22H,3-6,24H2,(H3,16,18,19,20)/t9?,13?,15-/m1/s1. The summed E-state index contributed by atoms with van der Waals surface area (Å²) < 4.78 is 7.70. The van der Waals surface area contributed by atoms with Crippen LogP contribution in [-0.2, 0) is 4.74 Å². The van der Waals surface area contributed by atoms with E-state index in [0.29, 0.717) is 29.4 Å². The number of aromatic nitrogens is 4. The Hall–Kier alpha value is -1.94. The molecule has 0 aromatic carbocycles. The average Bonchev–Trinajstić information content (AvgIpc) is 3.17. The first-order chi connectivity index (χ1) is 11.5. The van der Waals surface area contributed by atoms with Crippen molar-refractivity contribution in [3.8, 4) is 12.3 Å². The number of hydrogen-bond donors (Lipinski definition) is 3. The van der Waals surface area contributed by atoms with Crippen LogP contribution in [0.15, 0.2) is 6.33 Å². The van der Waals surface area contributed by atoms with Crippen molar-refractivity contribution < 1.29 is 9.84 Å². The molecular weight excluding hydrogens is 327 g/mol. The van der Waals surface area contributed by atoms with Crippen LogP contribution in [-0.4, -0.2) is 48.5 Å². The average molecular weight is 346 g/mol. The quantitative estimate of drug-likeness (QED) is 0.546. The van der Waals surface area contributed by atoms with Gasteiger partial charge in [0, 0.05) is 12.5 Å². The van der Waals surface area contributed by atoms with Gasteiger partial charge in [-0.15, -0.1) is 15.7 Å². The molecule has 0 radical (unpaired) electrons. The molecule has 0 bridgehead atoms. The summed E-state index contributed by atoms with van der Waals surface area (Å²) >= 11 is 0. The maximum absolute atomic E-state index is 9.43. The minimum atomic E-state index is -0.648. The summed E-state index contributed by atoms with van der Waals surface area (Å²) in [5.74, 6) is 3.56. The molecule has 4 N–H and O–H groups in total. The van der Waals surface area contributed by atoms with Gasteiger partial charge in [-0.2, -0.15) is 9.97 Å².